The first-order chi connectivity index (χ1) is 18.8. The van der Waals surface area contributed by atoms with Gasteiger partial charge in [-0.2, -0.15) is 0 Å². The third-order valence-electron chi connectivity index (χ3n) is 8.40. The Labute approximate surface area is 230 Å². The predicted molar refractivity (Wildman–Crippen MR) is 151 cm³/mol. The Morgan fingerprint density at radius 3 is 2.51 bits per heavy atom. The third-order valence-corrected chi connectivity index (χ3v) is 8.40. The highest BCUT2D eigenvalue weighted by Gasteiger charge is 2.46. The number of carboxylic acids is 1. The lowest BCUT2D eigenvalue weighted by atomic mass is 9.82. The highest BCUT2D eigenvalue weighted by atomic mass is 19.1. The Hall–Kier alpha value is -3.38. The van der Waals surface area contributed by atoms with E-state index in [1.807, 2.05) is 36.4 Å². The third kappa shape index (κ3) is 6.62. The minimum atomic E-state index is -0.770. The topological polar surface area (TPSA) is 59.0 Å². The summed E-state index contributed by atoms with van der Waals surface area (Å²) in [6.45, 7) is 5.39. The number of methoxy groups -OCH3 is 1. The zero-order chi connectivity index (χ0) is 27.4. The first-order valence-electron chi connectivity index (χ1n) is 14.0. The molecular weight excluding hydrogens is 493 g/mol. The van der Waals surface area contributed by atoms with Gasteiger partial charge in [0.25, 0.3) is 0 Å². The van der Waals surface area contributed by atoms with Crippen LogP contribution in [0.4, 0.5) is 4.39 Å². The molecule has 2 aliphatic rings. The van der Waals surface area contributed by atoms with Gasteiger partial charge in [-0.1, -0.05) is 43.7 Å². The molecule has 1 saturated heterocycles. The van der Waals surface area contributed by atoms with Crippen molar-refractivity contribution >= 4 is 5.97 Å². The molecular formula is C33H38FNO4. The van der Waals surface area contributed by atoms with Gasteiger partial charge in [0.05, 0.1) is 13.5 Å². The Kier molecular flexibility index (Phi) is 8.22. The smallest absolute Gasteiger partial charge is 0.303 e. The molecule has 1 saturated carbocycles. The molecule has 1 aliphatic carbocycles. The van der Waals surface area contributed by atoms with Crippen LogP contribution in [0.3, 0.4) is 0 Å². The van der Waals surface area contributed by atoms with E-state index in [9.17, 15) is 14.3 Å². The van der Waals surface area contributed by atoms with Crippen molar-refractivity contribution in [2.24, 2.45) is 5.41 Å². The molecule has 1 atom stereocenters. The first-order valence-corrected chi connectivity index (χ1v) is 14.0. The van der Waals surface area contributed by atoms with Crippen molar-refractivity contribution in [2.45, 2.75) is 64.5 Å². The van der Waals surface area contributed by atoms with E-state index in [4.69, 9.17) is 9.47 Å². The SMILES string of the molecule is COc1ccc(F)c(-c2ccc(COc3cccc([C@H](CC(=O)O)C4(C)CC4)c3)cc2CN2CCCCC2)c1. The van der Waals surface area contributed by atoms with Crippen LogP contribution in [0.2, 0.25) is 0 Å². The minimum Gasteiger partial charge on any atom is -0.497 e. The number of carbonyl (C=O) groups is 1. The van der Waals surface area contributed by atoms with Gasteiger partial charge in [0.1, 0.15) is 23.9 Å². The summed E-state index contributed by atoms with van der Waals surface area (Å²) in [5.74, 6) is 0.299. The quantitative estimate of drug-likeness (QED) is 0.279. The van der Waals surface area contributed by atoms with Crippen molar-refractivity contribution in [3.05, 3.63) is 83.2 Å². The summed E-state index contributed by atoms with van der Waals surface area (Å²) < 4.78 is 26.6. The van der Waals surface area contributed by atoms with Crippen LogP contribution in [-0.4, -0.2) is 36.2 Å². The van der Waals surface area contributed by atoms with Gasteiger partial charge in [-0.25, -0.2) is 4.39 Å². The fourth-order valence-electron chi connectivity index (χ4n) is 5.80. The molecule has 0 unspecified atom stereocenters. The molecule has 206 valence electrons. The standard InChI is InChI=1S/C33H38FNO4/c1-33(13-14-33)30(20-32(36)37)24-7-6-8-27(18-24)39-22-23-9-11-28(29-19-26(38-2)10-12-31(29)34)25(17-23)21-35-15-4-3-5-16-35/h6-12,17-19,30H,3-5,13-16,20-22H2,1-2H3,(H,36,37)/t30-/m0/s1. The molecule has 1 N–H and O–H groups in total. The Morgan fingerprint density at radius 2 is 1.79 bits per heavy atom. The number of hydrogen-bond acceptors (Lipinski definition) is 4. The number of rotatable bonds is 11. The number of benzene rings is 3. The molecule has 0 bridgehead atoms. The molecule has 2 fully saturated rings. The summed E-state index contributed by atoms with van der Waals surface area (Å²) in [4.78, 5) is 14.0. The number of aliphatic carboxylic acids is 1. The largest absolute Gasteiger partial charge is 0.497 e. The fraction of sp³-hybridized carbons (Fsp3) is 0.424. The number of piperidine rings is 1. The molecule has 5 nitrogen and oxygen atoms in total. The minimum absolute atomic E-state index is 0.0215. The van der Waals surface area contributed by atoms with Crippen molar-refractivity contribution in [2.75, 3.05) is 20.2 Å². The van der Waals surface area contributed by atoms with E-state index in [0.29, 0.717) is 17.9 Å². The molecule has 39 heavy (non-hydrogen) atoms. The second-order valence-electron chi connectivity index (χ2n) is 11.3. The zero-order valence-corrected chi connectivity index (χ0v) is 22.9. The lowest BCUT2D eigenvalue weighted by Crippen LogP contribution is -2.29. The molecule has 0 radical (unpaired) electrons. The molecule has 1 aliphatic heterocycles. The van der Waals surface area contributed by atoms with Gasteiger partial charge in [-0.05, 0) is 103 Å². The van der Waals surface area contributed by atoms with Gasteiger partial charge < -0.3 is 14.6 Å². The second-order valence-corrected chi connectivity index (χ2v) is 11.3. The number of likely N-dealkylation sites (tertiary alicyclic amines) is 1. The maximum atomic E-state index is 15.0. The summed E-state index contributed by atoms with van der Waals surface area (Å²) in [6, 6.07) is 18.9. The van der Waals surface area contributed by atoms with Gasteiger partial charge in [0.15, 0.2) is 0 Å². The highest BCUT2D eigenvalue weighted by molar-refractivity contribution is 5.70. The molecule has 0 amide bonds. The van der Waals surface area contributed by atoms with E-state index in [0.717, 1.165) is 60.5 Å². The van der Waals surface area contributed by atoms with Crippen LogP contribution in [0.5, 0.6) is 11.5 Å². The monoisotopic (exact) mass is 531 g/mol. The lowest BCUT2D eigenvalue weighted by molar-refractivity contribution is -0.137. The highest BCUT2D eigenvalue weighted by Crippen LogP contribution is 2.57. The van der Waals surface area contributed by atoms with Crippen molar-refractivity contribution in [3.63, 3.8) is 0 Å². The van der Waals surface area contributed by atoms with Crippen LogP contribution in [0.1, 0.15) is 68.1 Å². The average molecular weight is 532 g/mol. The van der Waals surface area contributed by atoms with Crippen LogP contribution < -0.4 is 9.47 Å². The number of halogens is 1. The van der Waals surface area contributed by atoms with E-state index < -0.39 is 5.97 Å². The number of nitrogens with zero attached hydrogens (tertiary/aromatic N) is 1. The van der Waals surface area contributed by atoms with E-state index >= 15 is 0 Å². The molecule has 3 aromatic carbocycles. The van der Waals surface area contributed by atoms with E-state index in [1.54, 1.807) is 19.2 Å². The van der Waals surface area contributed by atoms with E-state index in [-0.39, 0.29) is 23.6 Å². The summed E-state index contributed by atoms with van der Waals surface area (Å²) in [6.07, 6.45) is 5.86. The Balaban J connectivity index is 1.38. The Morgan fingerprint density at radius 1 is 1.00 bits per heavy atom. The lowest BCUT2D eigenvalue weighted by Gasteiger charge is -2.27. The summed E-state index contributed by atoms with van der Waals surface area (Å²) >= 11 is 0. The Bertz CT molecular complexity index is 1310. The molecule has 6 heteroatoms. The van der Waals surface area contributed by atoms with E-state index in [2.05, 4.69) is 17.9 Å². The van der Waals surface area contributed by atoms with Gasteiger partial charge in [-0.15, -0.1) is 0 Å². The summed E-state index contributed by atoms with van der Waals surface area (Å²) in [5, 5.41) is 9.49. The van der Waals surface area contributed by atoms with E-state index in [1.165, 1.54) is 25.3 Å². The van der Waals surface area contributed by atoms with Crippen LogP contribution in [0.15, 0.2) is 60.7 Å². The predicted octanol–water partition coefficient (Wildman–Crippen LogP) is 7.42. The van der Waals surface area contributed by atoms with Gasteiger partial charge in [-0.3, -0.25) is 9.69 Å². The van der Waals surface area contributed by atoms with Gasteiger partial charge in [0, 0.05) is 12.1 Å². The average Bonchev–Trinajstić information content (AvgIpc) is 3.70. The van der Waals surface area contributed by atoms with Crippen molar-refractivity contribution in [3.8, 4) is 22.6 Å². The van der Waals surface area contributed by atoms with Gasteiger partial charge >= 0.3 is 5.97 Å². The first kappa shape index (κ1) is 27.2. The van der Waals surface area contributed by atoms with Crippen molar-refractivity contribution in [1.29, 1.82) is 0 Å². The molecule has 1 heterocycles. The van der Waals surface area contributed by atoms with Crippen LogP contribution >= 0.6 is 0 Å². The zero-order valence-electron chi connectivity index (χ0n) is 22.9. The second kappa shape index (κ2) is 11.8. The summed E-state index contributed by atoms with van der Waals surface area (Å²) in [5.41, 5.74) is 4.56. The van der Waals surface area contributed by atoms with Crippen LogP contribution in [-0.2, 0) is 17.9 Å². The molecule has 5 rings (SSSR count). The number of ether oxygens (including phenoxy) is 2. The van der Waals surface area contributed by atoms with Gasteiger partial charge in [0.2, 0.25) is 0 Å². The molecule has 0 aromatic heterocycles. The summed E-state index contributed by atoms with van der Waals surface area (Å²) in [7, 11) is 1.59. The van der Waals surface area contributed by atoms with Crippen molar-refractivity contribution < 1.29 is 23.8 Å². The molecule has 3 aromatic rings. The number of carboxylic acid groups (broad SMARTS) is 1. The van der Waals surface area contributed by atoms with Crippen LogP contribution in [0, 0.1) is 11.2 Å². The number of hydrogen-bond donors (Lipinski definition) is 1. The van der Waals surface area contributed by atoms with Crippen molar-refractivity contribution in [1.82, 2.24) is 4.90 Å². The molecule has 0 spiro atoms. The fourth-order valence-corrected chi connectivity index (χ4v) is 5.80. The maximum absolute atomic E-state index is 15.0. The van der Waals surface area contributed by atoms with Crippen LogP contribution in [0.25, 0.3) is 11.1 Å². The normalized spacial score (nSPS) is 17.4. The maximum Gasteiger partial charge on any atom is 0.303 e.